The van der Waals surface area contributed by atoms with Gasteiger partial charge in [-0.25, -0.2) is 0 Å². The molecule has 0 radical (unpaired) electrons. The van der Waals surface area contributed by atoms with Crippen molar-refractivity contribution in [3.05, 3.63) is 83.6 Å². The Morgan fingerprint density at radius 2 is 1.41 bits per heavy atom. The Kier molecular flexibility index (Phi) is 14.4. The van der Waals surface area contributed by atoms with E-state index >= 15 is 0 Å². The van der Waals surface area contributed by atoms with Crippen LogP contribution in [0.5, 0.6) is 0 Å². The third kappa shape index (κ3) is 11.5. The lowest BCUT2D eigenvalue weighted by Crippen LogP contribution is -2.30. The van der Waals surface area contributed by atoms with Crippen molar-refractivity contribution in [3.63, 3.8) is 0 Å². The Balaban J connectivity index is 1.77. The van der Waals surface area contributed by atoms with Crippen molar-refractivity contribution in [2.45, 2.75) is 79.9 Å². The molecular formula is C38H48N3O13S4+. The maximum absolute atomic E-state index is 12.2. The highest BCUT2D eigenvalue weighted by atomic mass is 32.2. The van der Waals surface area contributed by atoms with Gasteiger partial charge in [0.05, 0.1) is 33.3 Å². The van der Waals surface area contributed by atoms with E-state index in [0.29, 0.717) is 53.2 Å². The van der Waals surface area contributed by atoms with Gasteiger partial charge in [-0.2, -0.15) is 38.2 Å². The maximum atomic E-state index is 12.2. The number of fused-ring (bicyclic) bond motifs is 2. The number of amides is 1. The molecule has 2 aliphatic rings. The van der Waals surface area contributed by atoms with Gasteiger partial charge in [0.25, 0.3) is 40.5 Å². The van der Waals surface area contributed by atoms with Crippen molar-refractivity contribution in [1.29, 1.82) is 0 Å². The molecule has 5 N–H and O–H groups in total. The molecule has 1 atom stereocenters. The molecule has 16 nitrogen and oxygen atoms in total. The zero-order chi connectivity index (χ0) is 43.3. The van der Waals surface area contributed by atoms with Crippen molar-refractivity contribution in [3.8, 4) is 12.3 Å². The first-order valence-electron chi connectivity index (χ1n) is 18.1. The normalized spacial score (nSPS) is 18.9. The van der Waals surface area contributed by atoms with Gasteiger partial charge in [0, 0.05) is 53.9 Å². The second-order valence-electron chi connectivity index (χ2n) is 14.7. The number of hydrogen-bond acceptors (Lipinski definition) is 10. The standard InChI is InChI=1S/C38H47N3O13S4/c1-5-21-39-36(42)15-9-10-20-38(4)31-27-29(58(52,53)54)17-19-33(31)41(23-12-25-56(46,47)48)35(38)14-8-6-7-13-34-37(2,3)30-26-28(57(49,50)51)16-18-32(30)40(34)22-11-24-55(43,44)45/h1,6-8,13-14,16-19,26-27H,9-12,15,20-25H2,2-4H3,(H4-,39,42,43,44,45,46,47,48,49,50,51,52,53,54)/p+1. The first-order chi connectivity index (χ1) is 26.8. The summed E-state index contributed by atoms with van der Waals surface area (Å²) in [5, 5.41) is 2.61. The largest absolute Gasteiger partial charge is 0.345 e. The Bertz CT molecular complexity index is 2550. The Labute approximate surface area is 340 Å². The quantitative estimate of drug-likeness (QED) is 0.0436. The lowest BCUT2D eigenvalue weighted by Gasteiger charge is -2.30. The van der Waals surface area contributed by atoms with Crippen LogP contribution in [0.3, 0.4) is 0 Å². The van der Waals surface area contributed by atoms with Gasteiger partial charge in [-0.3, -0.25) is 23.0 Å². The number of nitrogens with zero attached hydrogens (tertiary/aromatic N) is 2. The highest BCUT2D eigenvalue weighted by Gasteiger charge is 2.45. The summed E-state index contributed by atoms with van der Waals surface area (Å²) in [6, 6.07) is 8.23. The summed E-state index contributed by atoms with van der Waals surface area (Å²) >= 11 is 0. The minimum Gasteiger partial charge on any atom is -0.345 e. The fourth-order valence-corrected chi connectivity index (χ4v) is 9.42. The minimum atomic E-state index is -4.61. The topological polar surface area (TPSA) is 253 Å². The lowest BCUT2D eigenvalue weighted by molar-refractivity contribution is -0.437. The number of terminal acetylenes is 1. The molecule has 20 heteroatoms. The summed E-state index contributed by atoms with van der Waals surface area (Å²) in [4.78, 5) is 13.4. The van der Waals surface area contributed by atoms with Crippen LogP contribution in [-0.2, 0) is 56.1 Å². The van der Waals surface area contributed by atoms with E-state index in [1.807, 2.05) is 25.7 Å². The molecule has 2 aromatic carbocycles. The predicted octanol–water partition coefficient (Wildman–Crippen LogP) is 4.20. The molecule has 316 valence electrons. The summed E-state index contributed by atoms with van der Waals surface area (Å²) in [6.07, 6.45) is 15.4. The summed E-state index contributed by atoms with van der Waals surface area (Å²) in [7, 11) is -17.7. The second kappa shape index (κ2) is 18.0. The van der Waals surface area contributed by atoms with Gasteiger partial charge >= 0.3 is 0 Å². The Hall–Kier alpha value is -4.20. The van der Waals surface area contributed by atoms with Gasteiger partial charge in [0.1, 0.15) is 6.54 Å². The number of benzene rings is 2. The van der Waals surface area contributed by atoms with Crippen LogP contribution in [0.25, 0.3) is 0 Å². The van der Waals surface area contributed by atoms with Crippen LogP contribution in [0.1, 0.15) is 70.4 Å². The predicted molar refractivity (Wildman–Crippen MR) is 219 cm³/mol. The van der Waals surface area contributed by atoms with Crippen LogP contribution in [0, 0.1) is 12.3 Å². The highest BCUT2D eigenvalue weighted by molar-refractivity contribution is 7.86. The van der Waals surface area contributed by atoms with E-state index in [9.17, 15) is 56.7 Å². The monoisotopic (exact) mass is 882 g/mol. The number of carbonyl (C=O) groups excluding carboxylic acids is 1. The number of hydrogen-bond donors (Lipinski definition) is 5. The zero-order valence-electron chi connectivity index (χ0n) is 32.2. The van der Waals surface area contributed by atoms with E-state index in [1.54, 1.807) is 35.0 Å². The number of carbonyl (C=O) groups is 1. The van der Waals surface area contributed by atoms with Crippen molar-refractivity contribution < 1.29 is 61.3 Å². The number of allylic oxidation sites excluding steroid dienone is 6. The Morgan fingerprint density at radius 3 is 2.02 bits per heavy atom. The van der Waals surface area contributed by atoms with Crippen LogP contribution in [0.2, 0.25) is 0 Å². The highest BCUT2D eigenvalue weighted by Crippen LogP contribution is 2.51. The molecule has 0 saturated carbocycles. The van der Waals surface area contributed by atoms with Crippen molar-refractivity contribution >= 4 is 63.5 Å². The molecule has 0 fully saturated rings. The molecule has 0 aliphatic carbocycles. The fraction of sp³-hybridized carbons (Fsp3) is 0.421. The molecule has 2 aliphatic heterocycles. The van der Waals surface area contributed by atoms with Crippen molar-refractivity contribution in [1.82, 2.24) is 5.32 Å². The summed E-state index contributed by atoms with van der Waals surface area (Å²) < 4.78 is 135. The molecule has 0 aromatic heterocycles. The molecule has 4 rings (SSSR count). The third-order valence-electron chi connectivity index (χ3n) is 10.2. The average molecular weight is 883 g/mol. The van der Waals surface area contributed by atoms with Crippen molar-refractivity contribution in [2.75, 3.05) is 36.0 Å². The number of unbranched alkanes of at least 4 members (excludes halogenated alkanes) is 1. The van der Waals surface area contributed by atoms with Crippen LogP contribution in [0.15, 0.2) is 82.3 Å². The molecule has 0 bridgehead atoms. The maximum Gasteiger partial charge on any atom is 0.294 e. The molecule has 0 spiro atoms. The van der Waals surface area contributed by atoms with E-state index < -0.39 is 62.8 Å². The number of rotatable bonds is 19. The smallest absolute Gasteiger partial charge is 0.294 e. The van der Waals surface area contributed by atoms with Gasteiger partial charge in [0.15, 0.2) is 5.71 Å². The van der Waals surface area contributed by atoms with Gasteiger partial charge < -0.3 is 10.2 Å². The summed E-state index contributed by atoms with van der Waals surface area (Å²) in [6.45, 7) is 5.86. The molecule has 0 saturated heterocycles. The van der Waals surface area contributed by atoms with E-state index in [4.69, 9.17) is 6.42 Å². The van der Waals surface area contributed by atoms with Gasteiger partial charge in [-0.05, 0) is 82.0 Å². The molecule has 1 unspecified atom stereocenters. The van der Waals surface area contributed by atoms with Crippen LogP contribution >= 0.6 is 0 Å². The molecule has 2 aromatic rings. The summed E-state index contributed by atoms with van der Waals surface area (Å²) in [5.41, 5.74) is 1.75. The molecule has 58 heavy (non-hydrogen) atoms. The minimum absolute atomic E-state index is 0.00534. The third-order valence-corrected chi connectivity index (χ3v) is 13.5. The van der Waals surface area contributed by atoms with Gasteiger partial charge in [-0.15, -0.1) is 6.42 Å². The van der Waals surface area contributed by atoms with E-state index in [0.717, 1.165) is 0 Å². The first kappa shape index (κ1) is 46.5. The Morgan fingerprint density at radius 1 is 0.810 bits per heavy atom. The average Bonchev–Trinajstić information content (AvgIpc) is 3.46. The molecule has 2 heterocycles. The second-order valence-corrected chi connectivity index (χ2v) is 20.7. The lowest BCUT2D eigenvalue weighted by atomic mass is 9.77. The zero-order valence-corrected chi connectivity index (χ0v) is 35.5. The number of nitrogens with one attached hydrogen (secondary N) is 1. The van der Waals surface area contributed by atoms with Crippen LogP contribution < -0.4 is 10.2 Å². The van der Waals surface area contributed by atoms with E-state index in [-0.39, 0.29) is 54.6 Å². The SMILES string of the molecule is C#CCNC(=O)CCCCC1(C)C(=CC=CC=CC2=[N+](CCCS(=O)(=O)O)c3ccc(S(=O)(=O)O)cc3C2(C)C)N(CCCS(=O)(=O)O)c2ccc(S(=O)(=O)O)cc21. The summed E-state index contributed by atoms with van der Waals surface area (Å²) in [5.74, 6) is 1.05. The first-order valence-corrected chi connectivity index (χ1v) is 24.2. The van der Waals surface area contributed by atoms with E-state index in [1.165, 1.54) is 36.4 Å². The van der Waals surface area contributed by atoms with E-state index in [2.05, 4.69) is 11.2 Å². The van der Waals surface area contributed by atoms with Crippen molar-refractivity contribution in [2.24, 2.45) is 0 Å². The fourth-order valence-electron chi connectivity index (χ4n) is 7.42. The van der Waals surface area contributed by atoms with Gasteiger partial charge in [0.2, 0.25) is 11.6 Å². The molecule has 1 amide bonds. The van der Waals surface area contributed by atoms with Gasteiger partial charge in [-0.1, -0.05) is 30.6 Å². The number of anilines is 1. The molecular weight excluding hydrogens is 835 g/mol. The van der Waals surface area contributed by atoms with Crippen LogP contribution in [0.4, 0.5) is 11.4 Å². The van der Waals surface area contributed by atoms with Crippen LogP contribution in [-0.4, -0.2) is 99.2 Å².